The standard InChI is InChI=1S/C17H15Br3N2O3/c1-9-4-3-5-10(2)17(9)25-8-14(23)22-21-7-11-12(18)6-13(19)16(24)15(11)20/h3-7,24H,8H2,1-2H3,(H,22,23)/b21-7-. The molecule has 2 aromatic carbocycles. The van der Waals surface area contributed by atoms with Crippen LogP contribution < -0.4 is 10.2 Å². The Hall–Kier alpha value is -1.38. The smallest absolute Gasteiger partial charge is 0.277 e. The van der Waals surface area contributed by atoms with E-state index in [1.54, 1.807) is 6.07 Å². The van der Waals surface area contributed by atoms with Crippen molar-refractivity contribution in [3.05, 3.63) is 54.4 Å². The number of nitrogens with zero attached hydrogens (tertiary/aromatic N) is 1. The quantitative estimate of drug-likeness (QED) is 0.426. The first kappa shape index (κ1) is 19.9. The van der Waals surface area contributed by atoms with Gasteiger partial charge in [0, 0.05) is 10.0 Å². The summed E-state index contributed by atoms with van der Waals surface area (Å²) in [6, 6.07) is 7.47. The number of carbonyl (C=O) groups excluding carboxylic acids is 1. The predicted octanol–water partition coefficient (Wildman–Crippen LogP) is 4.83. The van der Waals surface area contributed by atoms with Crippen LogP contribution in [0.5, 0.6) is 11.5 Å². The molecule has 2 N–H and O–H groups in total. The molecule has 2 aromatic rings. The van der Waals surface area contributed by atoms with Crippen LogP contribution in [0.25, 0.3) is 0 Å². The zero-order valence-electron chi connectivity index (χ0n) is 13.4. The molecule has 0 aliphatic carbocycles. The van der Waals surface area contributed by atoms with Crippen molar-refractivity contribution < 1.29 is 14.6 Å². The van der Waals surface area contributed by atoms with Gasteiger partial charge in [-0.1, -0.05) is 34.1 Å². The first-order valence-electron chi connectivity index (χ1n) is 7.18. The third-order valence-corrected chi connectivity index (χ3v) is 5.38. The van der Waals surface area contributed by atoms with Gasteiger partial charge >= 0.3 is 0 Å². The molecular formula is C17H15Br3N2O3. The summed E-state index contributed by atoms with van der Waals surface area (Å²) < 4.78 is 7.26. The number of phenols is 1. The van der Waals surface area contributed by atoms with E-state index in [0.717, 1.165) is 11.1 Å². The summed E-state index contributed by atoms with van der Waals surface area (Å²) in [6.45, 7) is 3.71. The van der Waals surface area contributed by atoms with Gasteiger partial charge < -0.3 is 9.84 Å². The van der Waals surface area contributed by atoms with Gasteiger partial charge in [-0.05, 0) is 62.9 Å². The number of aromatic hydroxyl groups is 1. The van der Waals surface area contributed by atoms with Crippen LogP contribution in [0.15, 0.2) is 42.8 Å². The first-order valence-corrected chi connectivity index (χ1v) is 9.56. The maximum atomic E-state index is 11.9. The Balaban J connectivity index is 1.99. The number of aryl methyl sites for hydroxylation is 2. The number of amides is 1. The Morgan fingerprint density at radius 1 is 1.24 bits per heavy atom. The molecule has 0 aliphatic heterocycles. The third-order valence-electron chi connectivity index (χ3n) is 3.32. The summed E-state index contributed by atoms with van der Waals surface area (Å²) in [5.74, 6) is 0.367. The van der Waals surface area contributed by atoms with Crippen LogP contribution in [0.4, 0.5) is 0 Å². The predicted molar refractivity (Wildman–Crippen MR) is 108 cm³/mol. The fourth-order valence-electron chi connectivity index (χ4n) is 2.08. The number of halogens is 3. The molecule has 0 spiro atoms. The monoisotopic (exact) mass is 532 g/mol. The van der Waals surface area contributed by atoms with E-state index in [-0.39, 0.29) is 18.3 Å². The van der Waals surface area contributed by atoms with E-state index < -0.39 is 0 Å². The SMILES string of the molecule is Cc1cccc(C)c1OCC(=O)N/N=C\c1c(Br)cc(Br)c(O)c1Br. The van der Waals surface area contributed by atoms with Crippen LogP contribution in [0.2, 0.25) is 0 Å². The highest BCUT2D eigenvalue weighted by Crippen LogP contribution is 2.38. The van der Waals surface area contributed by atoms with Gasteiger partial charge in [-0.25, -0.2) is 5.43 Å². The molecule has 0 aromatic heterocycles. The van der Waals surface area contributed by atoms with E-state index in [4.69, 9.17) is 4.74 Å². The minimum absolute atomic E-state index is 0.0503. The summed E-state index contributed by atoms with van der Waals surface area (Å²) in [4.78, 5) is 11.9. The number of nitrogens with one attached hydrogen (secondary N) is 1. The molecule has 0 radical (unpaired) electrons. The van der Waals surface area contributed by atoms with E-state index in [1.807, 2.05) is 32.0 Å². The maximum Gasteiger partial charge on any atom is 0.277 e. The highest BCUT2D eigenvalue weighted by atomic mass is 79.9. The number of para-hydroxylation sites is 1. The lowest BCUT2D eigenvalue weighted by Gasteiger charge is -2.11. The van der Waals surface area contributed by atoms with E-state index in [1.165, 1.54) is 6.21 Å². The van der Waals surface area contributed by atoms with Gasteiger partial charge in [0.1, 0.15) is 11.5 Å². The van der Waals surface area contributed by atoms with Gasteiger partial charge in [0.25, 0.3) is 5.91 Å². The van der Waals surface area contributed by atoms with Gasteiger partial charge in [-0.3, -0.25) is 4.79 Å². The molecule has 0 bridgehead atoms. The molecule has 8 heteroatoms. The molecule has 0 atom stereocenters. The van der Waals surface area contributed by atoms with Gasteiger partial charge in [-0.2, -0.15) is 5.10 Å². The van der Waals surface area contributed by atoms with E-state index in [0.29, 0.717) is 24.7 Å². The summed E-state index contributed by atoms with van der Waals surface area (Å²) >= 11 is 9.90. The lowest BCUT2D eigenvalue weighted by Crippen LogP contribution is -2.25. The van der Waals surface area contributed by atoms with Crippen LogP contribution in [0.3, 0.4) is 0 Å². The Labute approximate surface area is 170 Å². The molecule has 0 fully saturated rings. The Kier molecular flexibility index (Phi) is 7.04. The van der Waals surface area contributed by atoms with Crippen LogP contribution in [-0.2, 0) is 4.79 Å². The minimum atomic E-state index is -0.382. The number of carbonyl (C=O) groups is 1. The summed E-state index contributed by atoms with van der Waals surface area (Å²) in [5, 5.41) is 13.8. The van der Waals surface area contributed by atoms with Crippen molar-refractivity contribution in [2.24, 2.45) is 5.10 Å². The second-order valence-electron chi connectivity index (χ2n) is 5.22. The average molecular weight is 535 g/mol. The van der Waals surface area contributed by atoms with Crippen molar-refractivity contribution in [2.75, 3.05) is 6.61 Å². The van der Waals surface area contributed by atoms with E-state index in [2.05, 4.69) is 58.3 Å². The molecule has 5 nitrogen and oxygen atoms in total. The number of hydrazone groups is 1. The topological polar surface area (TPSA) is 70.9 Å². The fourth-order valence-corrected chi connectivity index (χ4v) is 4.40. The average Bonchev–Trinajstić information content (AvgIpc) is 2.55. The lowest BCUT2D eigenvalue weighted by molar-refractivity contribution is -0.123. The van der Waals surface area contributed by atoms with E-state index in [9.17, 15) is 9.90 Å². The molecule has 25 heavy (non-hydrogen) atoms. The van der Waals surface area contributed by atoms with Crippen molar-refractivity contribution in [3.63, 3.8) is 0 Å². The van der Waals surface area contributed by atoms with Gasteiger partial charge in [0.05, 0.1) is 15.2 Å². The number of hydrogen-bond acceptors (Lipinski definition) is 4. The molecule has 0 saturated carbocycles. The number of rotatable bonds is 5. The summed E-state index contributed by atoms with van der Waals surface area (Å²) in [5.41, 5.74) is 4.93. The first-order chi connectivity index (χ1) is 11.8. The van der Waals surface area contributed by atoms with Crippen molar-refractivity contribution in [1.82, 2.24) is 5.43 Å². The molecule has 0 saturated heterocycles. The van der Waals surface area contributed by atoms with Crippen LogP contribution >= 0.6 is 47.8 Å². The Bertz CT molecular complexity index is 818. The second kappa shape index (κ2) is 8.82. The zero-order chi connectivity index (χ0) is 18.6. The minimum Gasteiger partial charge on any atom is -0.506 e. The summed E-state index contributed by atoms with van der Waals surface area (Å²) in [6.07, 6.45) is 1.43. The summed E-state index contributed by atoms with van der Waals surface area (Å²) in [7, 11) is 0. The maximum absolute atomic E-state index is 11.9. The second-order valence-corrected chi connectivity index (χ2v) is 7.72. The zero-order valence-corrected chi connectivity index (χ0v) is 18.2. The van der Waals surface area contributed by atoms with E-state index >= 15 is 0 Å². The van der Waals surface area contributed by atoms with Crippen LogP contribution in [0.1, 0.15) is 16.7 Å². The molecule has 2 rings (SSSR count). The lowest BCUT2D eigenvalue weighted by atomic mass is 10.1. The number of hydrogen-bond donors (Lipinski definition) is 2. The Morgan fingerprint density at radius 3 is 2.52 bits per heavy atom. The fraction of sp³-hybridized carbons (Fsp3) is 0.176. The number of benzene rings is 2. The highest BCUT2D eigenvalue weighted by Gasteiger charge is 2.12. The van der Waals surface area contributed by atoms with Crippen molar-refractivity contribution in [2.45, 2.75) is 13.8 Å². The van der Waals surface area contributed by atoms with Gasteiger partial charge in [0.2, 0.25) is 0 Å². The third kappa shape index (κ3) is 5.05. The molecular weight excluding hydrogens is 520 g/mol. The van der Waals surface area contributed by atoms with Gasteiger partial charge in [-0.15, -0.1) is 0 Å². The van der Waals surface area contributed by atoms with Crippen molar-refractivity contribution in [1.29, 1.82) is 0 Å². The molecule has 0 heterocycles. The molecule has 132 valence electrons. The highest BCUT2D eigenvalue weighted by molar-refractivity contribution is 9.11. The van der Waals surface area contributed by atoms with Crippen molar-refractivity contribution in [3.8, 4) is 11.5 Å². The van der Waals surface area contributed by atoms with Crippen LogP contribution in [0, 0.1) is 13.8 Å². The molecule has 1 amide bonds. The number of phenolic OH excluding ortho intramolecular Hbond substituents is 1. The van der Waals surface area contributed by atoms with Gasteiger partial charge in [0.15, 0.2) is 6.61 Å². The van der Waals surface area contributed by atoms with Crippen molar-refractivity contribution >= 4 is 59.9 Å². The molecule has 0 aliphatic rings. The van der Waals surface area contributed by atoms with Crippen LogP contribution in [-0.4, -0.2) is 23.8 Å². The normalized spacial score (nSPS) is 10.9. The Morgan fingerprint density at radius 2 is 1.88 bits per heavy atom. The molecule has 0 unspecified atom stereocenters. The number of ether oxygens (including phenoxy) is 1. The largest absolute Gasteiger partial charge is 0.506 e.